The van der Waals surface area contributed by atoms with Crippen LogP contribution in [-0.2, 0) is 0 Å². The SMILES string of the molecule is CSc1cccc(-c2cccc(F)c2)c1. The minimum absolute atomic E-state index is 0.193. The molecule has 2 aromatic carbocycles. The molecule has 2 rings (SSSR count). The Bertz CT molecular complexity index is 466. The van der Waals surface area contributed by atoms with Gasteiger partial charge in [0, 0.05) is 4.90 Å². The molecule has 0 aliphatic rings. The van der Waals surface area contributed by atoms with Crippen LogP contribution in [0.25, 0.3) is 11.1 Å². The van der Waals surface area contributed by atoms with Gasteiger partial charge in [0.1, 0.15) is 5.82 Å². The van der Waals surface area contributed by atoms with Crippen LogP contribution in [-0.4, -0.2) is 6.26 Å². The molecule has 0 amide bonds. The van der Waals surface area contributed by atoms with E-state index in [1.807, 2.05) is 30.5 Å². The fraction of sp³-hybridized carbons (Fsp3) is 0.0769. The molecule has 2 heteroatoms. The highest BCUT2D eigenvalue weighted by Crippen LogP contribution is 2.24. The fourth-order valence-electron chi connectivity index (χ4n) is 1.47. The highest BCUT2D eigenvalue weighted by molar-refractivity contribution is 7.98. The van der Waals surface area contributed by atoms with Crippen LogP contribution in [0.4, 0.5) is 4.39 Å². The molecule has 2 aromatic rings. The van der Waals surface area contributed by atoms with E-state index in [-0.39, 0.29) is 5.82 Å². The Morgan fingerprint density at radius 1 is 0.933 bits per heavy atom. The summed E-state index contributed by atoms with van der Waals surface area (Å²) in [4.78, 5) is 1.19. The zero-order chi connectivity index (χ0) is 10.7. The van der Waals surface area contributed by atoms with Gasteiger partial charge < -0.3 is 0 Å². The topological polar surface area (TPSA) is 0 Å². The second-order valence-electron chi connectivity index (χ2n) is 3.24. The monoisotopic (exact) mass is 218 g/mol. The lowest BCUT2D eigenvalue weighted by Gasteiger charge is -2.03. The summed E-state index contributed by atoms with van der Waals surface area (Å²) in [6.45, 7) is 0. The molecule has 0 heterocycles. The molecular formula is C13H11FS. The number of hydrogen-bond acceptors (Lipinski definition) is 1. The minimum Gasteiger partial charge on any atom is -0.207 e. The summed E-state index contributed by atoms with van der Waals surface area (Å²) in [6.07, 6.45) is 2.03. The summed E-state index contributed by atoms with van der Waals surface area (Å²) in [6, 6.07) is 14.8. The quantitative estimate of drug-likeness (QED) is 0.680. The van der Waals surface area contributed by atoms with Crippen LogP contribution < -0.4 is 0 Å². The maximum absolute atomic E-state index is 13.0. The van der Waals surface area contributed by atoms with Crippen molar-refractivity contribution in [2.75, 3.05) is 6.26 Å². The molecule has 0 bridgehead atoms. The Hall–Kier alpha value is -1.28. The maximum atomic E-state index is 13.0. The van der Waals surface area contributed by atoms with Crippen molar-refractivity contribution in [1.29, 1.82) is 0 Å². The zero-order valence-corrected chi connectivity index (χ0v) is 9.22. The molecule has 0 aliphatic heterocycles. The first-order valence-corrected chi connectivity index (χ1v) is 5.92. The van der Waals surface area contributed by atoms with Gasteiger partial charge in [-0.15, -0.1) is 11.8 Å². The van der Waals surface area contributed by atoms with Crippen molar-refractivity contribution < 1.29 is 4.39 Å². The van der Waals surface area contributed by atoms with Crippen molar-refractivity contribution in [1.82, 2.24) is 0 Å². The minimum atomic E-state index is -0.193. The molecule has 0 saturated heterocycles. The van der Waals surface area contributed by atoms with E-state index in [2.05, 4.69) is 6.07 Å². The Labute approximate surface area is 93.1 Å². The van der Waals surface area contributed by atoms with Crippen LogP contribution >= 0.6 is 11.8 Å². The molecule has 0 N–H and O–H groups in total. The number of rotatable bonds is 2. The van der Waals surface area contributed by atoms with Crippen LogP contribution in [0.2, 0.25) is 0 Å². The van der Waals surface area contributed by atoms with Crippen molar-refractivity contribution in [3.05, 3.63) is 54.3 Å². The number of halogens is 1. The third-order valence-corrected chi connectivity index (χ3v) is 2.95. The lowest BCUT2D eigenvalue weighted by Crippen LogP contribution is -1.80. The van der Waals surface area contributed by atoms with Gasteiger partial charge in [-0.25, -0.2) is 4.39 Å². The van der Waals surface area contributed by atoms with Gasteiger partial charge in [0.2, 0.25) is 0 Å². The van der Waals surface area contributed by atoms with Gasteiger partial charge in [0.05, 0.1) is 0 Å². The largest absolute Gasteiger partial charge is 0.207 e. The summed E-state index contributed by atoms with van der Waals surface area (Å²) in [5.74, 6) is -0.193. The van der Waals surface area contributed by atoms with E-state index >= 15 is 0 Å². The van der Waals surface area contributed by atoms with Gasteiger partial charge in [-0.05, 0) is 41.6 Å². The molecule has 0 spiro atoms. The summed E-state index contributed by atoms with van der Waals surface area (Å²) >= 11 is 1.69. The molecule has 0 nitrogen and oxygen atoms in total. The molecular weight excluding hydrogens is 207 g/mol. The predicted octanol–water partition coefficient (Wildman–Crippen LogP) is 4.21. The highest BCUT2D eigenvalue weighted by atomic mass is 32.2. The first-order chi connectivity index (χ1) is 7.29. The lowest BCUT2D eigenvalue weighted by atomic mass is 10.1. The van der Waals surface area contributed by atoms with E-state index in [1.165, 1.54) is 11.0 Å². The van der Waals surface area contributed by atoms with Crippen molar-refractivity contribution >= 4 is 11.8 Å². The van der Waals surface area contributed by atoms with Gasteiger partial charge >= 0.3 is 0 Å². The van der Waals surface area contributed by atoms with Crippen LogP contribution in [0, 0.1) is 5.82 Å². The molecule has 0 aromatic heterocycles. The van der Waals surface area contributed by atoms with E-state index in [1.54, 1.807) is 23.9 Å². The number of hydrogen-bond donors (Lipinski definition) is 0. The average Bonchev–Trinajstić information content (AvgIpc) is 2.29. The first kappa shape index (κ1) is 10.2. The van der Waals surface area contributed by atoms with Crippen LogP contribution in [0.3, 0.4) is 0 Å². The zero-order valence-electron chi connectivity index (χ0n) is 8.41. The maximum Gasteiger partial charge on any atom is 0.123 e. The van der Waals surface area contributed by atoms with Crippen molar-refractivity contribution in [2.24, 2.45) is 0 Å². The van der Waals surface area contributed by atoms with E-state index in [4.69, 9.17) is 0 Å². The summed E-state index contributed by atoms with van der Waals surface area (Å²) in [5, 5.41) is 0. The third kappa shape index (κ3) is 2.39. The summed E-state index contributed by atoms with van der Waals surface area (Å²) in [7, 11) is 0. The van der Waals surface area contributed by atoms with Gasteiger partial charge in [0.25, 0.3) is 0 Å². The van der Waals surface area contributed by atoms with E-state index in [9.17, 15) is 4.39 Å². The normalized spacial score (nSPS) is 10.3. The standard InChI is InChI=1S/C13H11FS/c1-15-13-7-3-5-11(9-13)10-4-2-6-12(14)8-10/h2-9H,1H3. The molecule has 15 heavy (non-hydrogen) atoms. The number of thioether (sulfide) groups is 1. The molecule has 76 valence electrons. The van der Waals surface area contributed by atoms with E-state index < -0.39 is 0 Å². The van der Waals surface area contributed by atoms with E-state index in [0.29, 0.717) is 0 Å². The molecule has 0 fully saturated rings. The van der Waals surface area contributed by atoms with Gasteiger partial charge in [-0.1, -0.05) is 24.3 Å². The smallest absolute Gasteiger partial charge is 0.123 e. The van der Waals surface area contributed by atoms with E-state index in [0.717, 1.165) is 11.1 Å². The molecule has 0 aliphatic carbocycles. The Balaban J connectivity index is 2.44. The average molecular weight is 218 g/mol. The van der Waals surface area contributed by atoms with Crippen molar-refractivity contribution in [2.45, 2.75) is 4.90 Å². The van der Waals surface area contributed by atoms with Gasteiger partial charge in [0.15, 0.2) is 0 Å². The Morgan fingerprint density at radius 2 is 1.60 bits per heavy atom. The summed E-state index contributed by atoms with van der Waals surface area (Å²) in [5.41, 5.74) is 1.98. The lowest BCUT2D eigenvalue weighted by molar-refractivity contribution is 0.628. The number of benzene rings is 2. The fourth-order valence-corrected chi connectivity index (χ4v) is 1.93. The second-order valence-corrected chi connectivity index (χ2v) is 4.12. The molecule has 0 atom stereocenters. The Kier molecular flexibility index (Phi) is 3.07. The van der Waals surface area contributed by atoms with Gasteiger partial charge in [-0.3, -0.25) is 0 Å². The Morgan fingerprint density at radius 3 is 2.27 bits per heavy atom. The highest BCUT2D eigenvalue weighted by Gasteiger charge is 1.99. The van der Waals surface area contributed by atoms with Crippen molar-refractivity contribution in [3.63, 3.8) is 0 Å². The molecule has 0 radical (unpaired) electrons. The molecule has 0 saturated carbocycles. The molecule has 0 unspecified atom stereocenters. The second kappa shape index (κ2) is 4.49. The summed E-state index contributed by atoms with van der Waals surface area (Å²) < 4.78 is 13.0. The van der Waals surface area contributed by atoms with Crippen LogP contribution in [0.5, 0.6) is 0 Å². The predicted molar refractivity (Wildman–Crippen MR) is 63.6 cm³/mol. The first-order valence-electron chi connectivity index (χ1n) is 4.69. The van der Waals surface area contributed by atoms with Crippen molar-refractivity contribution in [3.8, 4) is 11.1 Å². The van der Waals surface area contributed by atoms with Gasteiger partial charge in [-0.2, -0.15) is 0 Å². The third-order valence-electron chi connectivity index (χ3n) is 2.23. The van der Waals surface area contributed by atoms with Crippen LogP contribution in [0.1, 0.15) is 0 Å². The van der Waals surface area contributed by atoms with Crippen LogP contribution in [0.15, 0.2) is 53.4 Å².